The van der Waals surface area contributed by atoms with Crippen molar-refractivity contribution in [1.29, 1.82) is 0 Å². The van der Waals surface area contributed by atoms with Crippen LogP contribution in [0.25, 0.3) is 0 Å². The molecule has 0 saturated carbocycles. The van der Waals surface area contributed by atoms with Gasteiger partial charge in [0.15, 0.2) is 0 Å². The fourth-order valence-corrected chi connectivity index (χ4v) is 0. The first-order valence-corrected chi connectivity index (χ1v) is 6.05. The van der Waals surface area contributed by atoms with E-state index in [1.807, 2.05) is 0 Å². The van der Waals surface area contributed by atoms with Crippen molar-refractivity contribution < 1.29 is 51.8 Å². The quantitative estimate of drug-likeness (QED) is 0.425. The summed E-state index contributed by atoms with van der Waals surface area (Å²) in [7, 11) is -18.0. The monoisotopic (exact) mass is 355 g/mol. The van der Waals surface area contributed by atoms with Gasteiger partial charge in [-0.25, -0.2) is 0 Å². The molecule has 0 N–H and O–H groups in total. The molecule has 0 aromatic heterocycles. The van der Waals surface area contributed by atoms with Crippen LogP contribution >= 0.6 is 0 Å². The van der Waals surface area contributed by atoms with Crippen LogP contribution in [-0.2, 0) is 0 Å². The van der Waals surface area contributed by atoms with Gasteiger partial charge in [0.2, 0.25) is 0 Å². The zero-order valence-corrected chi connectivity index (χ0v) is 13.5. The second-order valence-corrected chi connectivity index (χ2v) is 5.31. The summed E-state index contributed by atoms with van der Waals surface area (Å²) in [5.41, 5.74) is 0. The van der Waals surface area contributed by atoms with E-state index in [0.717, 1.165) is 49.0 Å². The minimum absolute atomic E-state index is 0.932. The molecule has 0 saturated heterocycles. The Bertz CT molecular complexity index is 190. The number of halogens is 12. The summed E-state index contributed by atoms with van der Waals surface area (Å²) in [6.07, 6.45) is 2.17. The van der Waals surface area contributed by atoms with E-state index in [4.69, 9.17) is 0 Å². The maximum Gasteiger partial charge on any atom is 0.673 e. The van der Waals surface area contributed by atoms with Gasteiger partial charge in [0.25, 0.3) is 0 Å². The molecule has 0 amide bonds. The van der Waals surface area contributed by atoms with Gasteiger partial charge in [-0.05, 0) is 0 Å². The maximum atomic E-state index is 9.75. The minimum Gasteiger partial charge on any atom is -0.418 e. The summed E-state index contributed by atoms with van der Waals surface area (Å²) < 4.78 is 119. The van der Waals surface area contributed by atoms with Crippen LogP contribution in [-0.4, -0.2) is 70.7 Å². The molecule has 0 aliphatic rings. The van der Waals surface area contributed by atoms with Crippen molar-refractivity contribution in [3.05, 3.63) is 5.74 Å². The van der Waals surface area contributed by atoms with Gasteiger partial charge in [0, 0.05) is 0 Å². The summed E-state index contributed by atoms with van der Waals surface area (Å²) in [6.45, 7) is 4.25. The molecule has 120 valence electrons. The van der Waals surface area contributed by atoms with Crippen molar-refractivity contribution in [2.75, 3.05) is 0 Å². The van der Waals surface area contributed by atoms with Gasteiger partial charge >= 0.3 is 90.3 Å². The van der Waals surface area contributed by atoms with Gasteiger partial charge in [-0.2, -0.15) is 0 Å². The average Bonchev–Trinajstić information content (AvgIpc) is 1.93. The second kappa shape index (κ2) is 13.4. The first-order chi connectivity index (χ1) is 8.27. The molecule has 0 aliphatic carbocycles. The summed E-state index contributed by atoms with van der Waals surface area (Å²) in [5.74, 6) is 0. The number of allylic oxidation sites excluding steroid dienone is 2. The molecule has 16 heteroatoms. The zero-order chi connectivity index (χ0) is 17.8. The summed E-state index contributed by atoms with van der Waals surface area (Å²) >= 11 is 0.932. The Morgan fingerprint density at radius 1 is 0.650 bits per heavy atom. The van der Waals surface area contributed by atoms with E-state index in [1.54, 1.807) is -0.332 Å². The Kier molecular flexibility index (Phi) is 19.3. The SMILES string of the molecule is CC=[C](C)[K].F[B-](F)(F)F.F[B-](F)(F)F.F[B-](F)(F)F. The smallest absolute Gasteiger partial charge is 0.418 e. The maximum absolute atomic E-state index is 9.75. The third kappa shape index (κ3) is 789. The summed E-state index contributed by atoms with van der Waals surface area (Å²) in [4.78, 5) is 0. The molecule has 20 heavy (non-hydrogen) atoms. The molecular formula is C4H7B3F12K-3. The minimum atomic E-state index is -6.00. The van der Waals surface area contributed by atoms with Crippen molar-refractivity contribution >= 4 is 70.7 Å². The Hall–Kier alpha value is 0.731. The van der Waals surface area contributed by atoms with Crippen LogP contribution in [0.5, 0.6) is 0 Å². The molecule has 0 unspecified atom stereocenters. The first-order valence-electron chi connectivity index (χ1n) is 4.48. The van der Waals surface area contributed by atoms with Crippen molar-refractivity contribution in [1.82, 2.24) is 0 Å². The fourth-order valence-electron chi connectivity index (χ4n) is 0. The molecule has 0 aliphatic heterocycles. The van der Waals surface area contributed by atoms with Crippen LogP contribution in [0.2, 0.25) is 0 Å². The molecule has 0 aromatic rings. The van der Waals surface area contributed by atoms with Crippen molar-refractivity contribution in [2.24, 2.45) is 0 Å². The molecule has 0 bridgehead atoms. The standard InChI is InChI=1S/C4H7.3BF4.K/c1-3-4-2;3*2-1(3,4)5;/h3H,1-2H3;;;;/q;3*-1;. The van der Waals surface area contributed by atoms with Gasteiger partial charge in [0.05, 0.1) is 0 Å². The summed E-state index contributed by atoms with van der Waals surface area (Å²) in [6, 6.07) is 0. The molecular weight excluding hydrogens is 348 g/mol. The molecule has 0 aromatic carbocycles. The van der Waals surface area contributed by atoms with Crippen LogP contribution in [0, 0.1) is 0 Å². The van der Waals surface area contributed by atoms with E-state index >= 15 is 0 Å². The van der Waals surface area contributed by atoms with Gasteiger partial charge in [-0.15, -0.1) is 0 Å². The molecule has 0 spiro atoms. The number of hydrogen-bond acceptors (Lipinski definition) is 0. The Morgan fingerprint density at radius 3 is 0.700 bits per heavy atom. The van der Waals surface area contributed by atoms with Gasteiger partial charge in [0.1, 0.15) is 0 Å². The van der Waals surface area contributed by atoms with E-state index in [2.05, 4.69) is 19.9 Å². The van der Waals surface area contributed by atoms with Crippen LogP contribution in [0.15, 0.2) is 5.74 Å². The number of hydrogen-bond donors (Lipinski definition) is 0. The van der Waals surface area contributed by atoms with Crippen LogP contribution < -0.4 is 0 Å². The van der Waals surface area contributed by atoms with Crippen molar-refractivity contribution in [3.8, 4) is 0 Å². The third-order valence-electron chi connectivity index (χ3n) is 0.577. The summed E-state index contributed by atoms with van der Waals surface area (Å²) in [5, 5.41) is 0. The Labute approximate surface area is 141 Å². The van der Waals surface area contributed by atoms with Gasteiger partial charge in [-0.3, -0.25) is 0 Å². The molecule has 0 fully saturated rings. The Morgan fingerprint density at radius 2 is 0.700 bits per heavy atom. The van der Waals surface area contributed by atoms with E-state index in [1.165, 1.54) is 0 Å². The molecule has 0 nitrogen and oxygen atoms in total. The van der Waals surface area contributed by atoms with E-state index < -0.39 is 21.8 Å². The van der Waals surface area contributed by atoms with E-state index in [-0.39, 0.29) is 0 Å². The molecule has 0 radical (unpaired) electrons. The van der Waals surface area contributed by atoms with Gasteiger partial charge < -0.3 is 51.8 Å². The largest absolute Gasteiger partial charge is 0.673 e. The van der Waals surface area contributed by atoms with Crippen molar-refractivity contribution in [2.45, 2.75) is 13.8 Å². The van der Waals surface area contributed by atoms with Crippen LogP contribution in [0.1, 0.15) is 13.8 Å². The van der Waals surface area contributed by atoms with E-state index in [9.17, 15) is 51.8 Å². The van der Waals surface area contributed by atoms with Crippen molar-refractivity contribution in [3.63, 3.8) is 0 Å². The predicted molar refractivity (Wildman–Crippen MR) is 55.7 cm³/mol. The first kappa shape index (κ1) is 28.8. The van der Waals surface area contributed by atoms with Crippen LogP contribution in [0.3, 0.4) is 0 Å². The van der Waals surface area contributed by atoms with Crippen LogP contribution in [0.4, 0.5) is 51.8 Å². The number of rotatable bonds is 0. The molecule has 0 rings (SSSR count). The third-order valence-corrected chi connectivity index (χ3v) is 1.48. The van der Waals surface area contributed by atoms with E-state index in [0.29, 0.717) is 0 Å². The molecule has 0 atom stereocenters. The zero-order valence-electron chi connectivity index (χ0n) is 10.3. The average molecular weight is 355 g/mol. The fraction of sp³-hybridized carbons (Fsp3) is 0.500. The normalized spacial score (nSPS) is 12.1. The second-order valence-electron chi connectivity index (χ2n) is 2.85. The predicted octanol–water partition coefficient (Wildman–Crippen LogP) is 4.98. The Balaban J connectivity index is -0.0000000853. The molecule has 0 heterocycles. The topological polar surface area (TPSA) is 0 Å². The van der Waals surface area contributed by atoms with Gasteiger partial charge in [-0.1, -0.05) is 0 Å².